The van der Waals surface area contributed by atoms with E-state index in [9.17, 15) is 4.79 Å². The van der Waals surface area contributed by atoms with Crippen LogP contribution >= 0.6 is 0 Å². The van der Waals surface area contributed by atoms with Gasteiger partial charge >= 0.3 is 0 Å². The molecule has 0 bridgehead atoms. The van der Waals surface area contributed by atoms with Gasteiger partial charge in [0.25, 0.3) is 5.91 Å². The third-order valence-corrected chi connectivity index (χ3v) is 3.53. The number of benzene rings is 1. The Morgan fingerprint density at radius 1 is 1.47 bits per heavy atom. The van der Waals surface area contributed by atoms with Crippen molar-refractivity contribution in [1.29, 1.82) is 0 Å². The third-order valence-electron chi connectivity index (χ3n) is 3.53. The van der Waals surface area contributed by atoms with Crippen LogP contribution in [0.1, 0.15) is 24.4 Å². The number of hydrogen-bond donors (Lipinski definition) is 1. The lowest BCUT2D eigenvalue weighted by atomic mass is 10.0. The second-order valence-corrected chi connectivity index (χ2v) is 4.62. The normalized spacial score (nSPS) is 23.5. The molecule has 1 N–H and O–H groups in total. The van der Waals surface area contributed by atoms with Gasteiger partial charge in [-0.25, -0.2) is 0 Å². The molecule has 17 heavy (non-hydrogen) atoms. The minimum Gasteiger partial charge on any atom is -0.482 e. The van der Waals surface area contributed by atoms with Crippen molar-refractivity contribution >= 4 is 11.6 Å². The first-order valence-electron chi connectivity index (χ1n) is 6.02. The standard InChI is InChI=1S/C13H16N2O2/c1-15-11-7-9(10-3-2-6-14-10)4-5-12(11)17-8-13(15)16/h4-5,7,10,14H,2-3,6,8H2,1H3. The second-order valence-electron chi connectivity index (χ2n) is 4.62. The maximum atomic E-state index is 11.6. The van der Waals surface area contributed by atoms with Crippen LogP contribution < -0.4 is 15.0 Å². The molecule has 1 aromatic carbocycles. The van der Waals surface area contributed by atoms with Crippen molar-refractivity contribution in [3.8, 4) is 5.75 Å². The lowest BCUT2D eigenvalue weighted by Crippen LogP contribution is -2.35. The molecule has 4 heteroatoms. The Morgan fingerprint density at radius 2 is 2.35 bits per heavy atom. The van der Waals surface area contributed by atoms with Crippen LogP contribution in [0.2, 0.25) is 0 Å². The van der Waals surface area contributed by atoms with Crippen LogP contribution in [-0.4, -0.2) is 26.1 Å². The van der Waals surface area contributed by atoms with Crippen LogP contribution in [-0.2, 0) is 4.79 Å². The predicted octanol–water partition coefficient (Wildman–Crippen LogP) is 1.47. The molecule has 0 aromatic heterocycles. The van der Waals surface area contributed by atoms with Gasteiger partial charge in [-0.05, 0) is 37.1 Å². The Kier molecular flexibility index (Phi) is 2.52. The van der Waals surface area contributed by atoms with E-state index in [0.29, 0.717) is 6.04 Å². The highest BCUT2D eigenvalue weighted by Crippen LogP contribution is 2.35. The molecular weight excluding hydrogens is 216 g/mol. The average molecular weight is 232 g/mol. The molecule has 1 aromatic rings. The molecule has 90 valence electrons. The molecule has 1 unspecified atom stereocenters. The molecule has 4 nitrogen and oxygen atoms in total. The average Bonchev–Trinajstić information content (AvgIpc) is 2.87. The number of anilines is 1. The van der Waals surface area contributed by atoms with Gasteiger partial charge in [0.2, 0.25) is 0 Å². The van der Waals surface area contributed by atoms with Crippen LogP contribution in [0.25, 0.3) is 0 Å². The number of carbonyl (C=O) groups is 1. The number of amides is 1. The topological polar surface area (TPSA) is 41.6 Å². The van der Waals surface area contributed by atoms with Gasteiger partial charge in [-0.1, -0.05) is 6.07 Å². The van der Waals surface area contributed by atoms with Crippen LogP contribution in [0.15, 0.2) is 18.2 Å². The summed E-state index contributed by atoms with van der Waals surface area (Å²) in [6.07, 6.45) is 2.38. The molecule has 2 heterocycles. The van der Waals surface area contributed by atoms with Gasteiger partial charge in [0.1, 0.15) is 5.75 Å². The van der Waals surface area contributed by atoms with E-state index in [1.807, 2.05) is 6.07 Å². The highest BCUT2D eigenvalue weighted by Gasteiger charge is 2.24. The molecule has 0 radical (unpaired) electrons. The molecule has 1 saturated heterocycles. The van der Waals surface area contributed by atoms with Gasteiger partial charge < -0.3 is 15.0 Å². The smallest absolute Gasteiger partial charge is 0.264 e. The molecule has 0 saturated carbocycles. The summed E-state index contributed by atoms with van der Waals surface area (Å²) in [6.45, 7) is 1.22. The highest BCUT2D eigenvalue weighted by molar-refractivity contribution is 5.97. The van der Waals surface area contributed by atoms with E-state index in [4.69, 9.17) is 4.74 Å². The Hall–Kier alpha value is -1.55. The number of rotatable bonds is 1. The molecule has 1 fully saturated rings. The maximum absolute atomic E-state index is 11.6. The molecule has 3 rings (SSSR count). The van der Waals surface area contributed by atoms with Gasteiger partial charge in [-0.2, -0.15) is 0 Å². The fourth-order valence-corrected chi connectivity index (χ4v) is 2.48. The first-order valence-corrected chi connectivity index (χ1v) is 6.02. The zero-order valence-corrected chi connectivity index (χ0v) is 9.90. The van der Waals surface area contributed by atoms with Crippen LogP contribution in [0.3, 0.4) is 0 Å². The zero-order valence-electron chi connectivity index (χ0n) is 9.90. The van der Waals surface area contributed by atoms with Crippen molar-refractivity contribution in [1.82, 2.24) is 5.32 Å². The van der Waals surface area contributed by atoms with E-state index >= 15 is 0 Å². The van der Waals surface area contributed by atoms with Crippen LogP contribution in [0.4, 0.5) is 5.69 Å². The summed E-state index contributed by atoms with van der Waals surface area (Å²) in [6, 6.07) is 6.54. The van der Waals surface area contributed by atoms with E-state index in [1.165, 1.54) is 12.0 Å². The van der Waals surface area contributed by atoms with Crippen molar-refractivity contribution in [3.05, 3.63) is 23.8 Å². The van der Waals surface area contributed by atoms with Crippen molar-refractivity contribution in [2.75, 3.05) is 25.1 Å². The Morgan fingerprint density at radius 3 is 3.12 bits per heavy atom. The second kappa shape index (κ2) is 4.04. The van der Waals surface area contributed by atoms with Crippen LogP contribution in [0, 0.1) is 0 Å². The maximum Gasteiger partial charge on any atom is 0.264 e. The van der Waals surface area contributed by atoms with E-state index < -0.39 is 0 Å². The molecule has 1 amide bonds. The Bertz CT molecular complexity index is 453. The van der Waals surface area contributed by atoms with E-state index in [1.54, 1.807) is 11.9 Å². The highest BCUT2D eigenvalue weighted by atomic mass is 16.5. The van der Waals surface area contributed by atoms with E-state index in [0.717, 1.165) is 24.4 Å². The number of carbonyl (C=O) groups excluding carboxylic acids is 1. The van der Waals surface area contributed by atoms with Crippen molar-refractivity contribution in [2.24, 2.45) is 0 Å². The van der Waals surface area contributed by atoms with Gasteiger partial charge in [0.05, 0.1) is 5.69 Å². The summed E-state index contributed by atoms with van der Waals surface area (Å²) in [4.78, 5) is 13.3. The summed E-state index contributed by atoms with van der Waals surface area (Å²) in [5.41, 5.74) is 2.12. The number of ether oxygens (including phenoxy) is 1. The fraction of sp³-hybridized carbons (Fsp3) is 0.462. The molecule has 1 atom stereocenters. The summed E-state index contributed by atoms with van der Waals surface area (Å²) >= 11 is 0. The van der Waals surface area contributed by atoms with Crippen LogP contribution in [0.5, 0.6) is 5.75 Å². The predicted molar refractivity (Wildman–Crippen MR) is 65.3 cm³/mol. The molecule has 2 aliphatic rings. The minimum atomic E-state index is 0.00836. The lowest BCUT2D eigenvalue weighted by molar-refractivity contribution is -0.120. The summed E-state index contributed by atoms with van der Waals surface area (Å²) < 4.78 is 5.41. The van der Waals surface area contributed by atoms with E-state index in [-0.39, 0.29) is 12.5 Å². The Labute approximate surface area is 101 Å². The fourth-order valence-electron chi connectivity index (χ4n) is 2.48. The summed E-state index contributed by atoms with van der Waals surface area (Å²) in [5, 5.41) is 3.46. The molecule has 2 aliphatic heterocycles. The number of hydrogen-bond acceptors (Lipinski definition) is 3. The summed E-state index contributed by atoms with van der Waals surface area (Å²) in [5.74, 6) is 0.808. The zero-order chi connectivity index (χ0) is 11.8. The SMILES string of the molecule is CN1C(=O)COc2ccc(C3CCCN3)cc21. The third kappa shape index (κ3) is 1.78. The minimum absolute atomic E-state index is 0.00836. The van der Waals surface area contributed by atoms with E-state index in [2.05, 4.69) is 17.4 Å². The molecular formula is C13H16N2O2. The molecule has 0 aliphatic carbocycles. The van der Waals surface area contributed by atoms with Crippen molar-refractivity contribution in [3.63, 3.8) is 0 Å². The number of likely N-dealkylation sites (N-methyl/N-ethyl adjacent to an activating group) is 1. The van der Waals surface area contributed by atoms with Gasteiger partial charge in [-0.3, -0.25) is 4.79 Å². The van der Waals surface area contributed by atoms with Crippen molar-refractivity contribution < 1.29 is 9.53 Å². The number of fused-ring (bicyclic) bond motifs is 1. The first kappa shape index (κ1) is 10.6. The first-order chi connectivity index (χ1) is 8.25. The van der Waals surface area contributed by atoms with Gasteiger partial charge in [0.15, 0.2) is 6.61 Å². The van der Waals surface area contributed by atoms with Gasteiger partial charge in [0, 0.05) is 13.1 Å². The number of nitrogens with one attached hydrogen (secondary N) is 1. The molecule has 0 spiro atoms. The lowest BCUT2D eigenvalue weighted by Gasteiger charge is -2.27. The van der Waals surface area contributed by atoms with Gasteiger partial charge in [-0.15, -0.1) is 0 Å². The monoisotopic (exact) mass is 232 g/mol. The Balaban J connectivity index is 1.96. The summed E-state index contributed by atoms with van der Waals surface area (Å²) in [7, 11) is 1.80. The number of nitrogens with zero attached hydrogens (tertiary/aromatic N) is 1. The largest absolute Gasteiger partial charge is 0.482 e. The quantitative estimate of drug-likeness (QED) is 0.797. The van der Waals surface area contributed by atoms with Crippen molar-refractivity contribution in [2.45, 2.75) is 18.9 Å².